The number of benzene rings is 1. The van der Waals surface area contributed by atoms with Crippen molar-refractivity contribution in [2.45, 2.75) is 25.1 Å². The first-order valence-corrected chi connectivity index (χ1v) is 6.95. The Labute approximate surface area is 119 Å². The zero-order valence-corrected chi connectivity index (χ0v) is 12.3. The third-order valence-electron chi connectivity index (χ3n) is 3.60. The molecule has 1 aromatic carbocycles. The number of aliphatic hydroxyl groups is 1. The van der Waals surface area contributed by atoms with Gasteiger partial charge in [0.05, 0.1) is 6.10 Å². The molecule has 0 bridgehead atoms. The van der Waals surface area contributed by atoms with Crippen LogP contribution in [0.4, 0.5) is 5.69 Å². The van der Waals surface area contributed by atoms with Crippen LogP contribution in [-0.2, 0) is 6.54 Å². The van der Waals surface area contributed by atoms with Gasteiger partial charge < -0.3 is 15.7 Å². The maximum Gasteiger partial charge on any atom is 0.0682 e. The Kier molecular flexibility index (Phi) is 4.68. The number of nitrogens with zero attached hydrogens (tertiary/aromatic N) is 2. The highest BCUT2D eigenvalue weighted by atomic mass is 35.5. The van der Waals surface area contributed by atoms with Gasteiger partial charge in [-0.1, -0.05) is 17.7 Å². The molecule has 1 aromatic rings. The Morgan fingerprint density at radius 3 is 2.84 bits per heavy atom. The lowest BCUT2D eigenvalue weighted by molar-refractivity contribution is 0.169. The molecule has 1 aliphatic heterocycles. The highest BCUT2D eigenvalue weighted by Gasteiger charge is 2.31. The fourth-order valence-corrected chi connectivity index (χ4v) is 2.95. The average Bonchev–Trinajstić information content (AvgIpc) is 2.63. The van der Waals surface area contributed by atoms with Gasteiger partial charge in [0.1, 0.15) is 0 Å². The van der Waals surface area contributed by atoms with Crippen molar-refractivity contribution in [3.8, 4) is 0 Å². The van der Waals surface area contributed by atoms with Gasteiger partial charge in [-0.05, 0) is 32.6 Å². The first-order valence-electron chi connectivity index (χ1n) is 6.57. The van der Waals surface area contributed by atoms with E-state index < -0.39 is 0 Å². The van der Waals surface area contributed by atoms with Crippen molar-refractivity contribution in [1.82, 2.24) is 9.80 Å². The second-order valence-electron chi connectivity index (χ2n) is 5.54. The van der Waals surface area contributed by atoms with Crippen LogP contribution in [0.15, 0.2) is 18.2 Å². The standard InChI is InChI=1S/C14H22ClN3O/c1-17(2)7-10-6-11(19)8-18(10)9-12-13(15)4-3-5-14(12)16/h3-5,10-11,19H,6-9,16H2,1-2H3. The van der Waals surface area contributed by atoms with Gasteiger partial charge in [0.2, 0.25) is 0 Å². The number of hydrogen-bond acceptors (Lipinski definition) is 4. The number of nitrogen functional groups attached to an aromatic ring is 1. The number of likely N-dealkylation sites (tertiary alicyclic amines) is 1. The molecule has 19 heavy (non-hydrogen) atoms. The molecule has 0 saturated carbocycles. The summed E-state index contributed by atoms with van der Waals surface area (Å²) in [5.74, 6) is 0. The second-order valence-corrected chi connectivity index (χ2v) is 5.95. The van der Waals surface area contributed by atoms with E-state index in [0.717, 1.165) is 24.2 Å². The van der Waals surface area contributed by atoms with E-state index in [4.69, 9.17) is 17.3 Å². The molecule has 1 fully saturated rings. The van der Waals surface area contributed by atoms with Gasteiger partial charge in [-0.3, -0.25) is 4.90 Å². The fourth-order valence-electron chi connectivity index (χ4n) is 2.71. The molecule has 1 heterocycles. The largest absolute Gasteiger partial charge is 0.398 e. The zero-order chi connectivity index (χ0) is 14.0. The summed E-state index contributed by atoms with van der Waals surface area (Å²) in [5, 5.41) is 10.6. The van der Waals surface area contributed by atoms with Crippen LogP contribution in [0.1, 0.15) is 12.0 Å². The average molecular weight is 284 g/mol. The first kappa shape index (κ1) is 14.6. The SMILES string of the molecule is CN(C)CC1CC(O)CN1Cc1c(N)cccc1Cl. The van der Waals surface area contributed by atoms with Crippen molar-refractivity contribution in [2.24, 2.45) is 0 Å². The Morgan fingerprint density at radius 1 is 1.47 bits per heavy atom. The molecular weight excluding hydrogens is 262 g/mol. The zero-order valence-electron chi connectivity index (χ0n) is 11.5. The van der Waals surface area contributed by atoms with Crippen molar-refractivity contribution < 1.29 is 5.11 Å². The lowest BCUT2D eigenvalue weighted by Crippen LogP contribution is -2.37. The molecule has 4 nitrogen and oxygen atoms in total. The third kappa shape index (κ3) is 3.60. The lowest BCUT2D eigenvalue weighted by atomic mass is 10.1. The van der Waals surface area contributed by atoms with Gasteiger partial charge in [-0.2, -0.15) is 0 Å². The molecule has 106 valence electrons. The molecule has 2 rings (SSSR count). The van der Waals surface area contributed by atoms with Gasteiger partial charge in [-0.15, -0.1) is 0 Å². The third-order valence-corrected chi connectivity index (χ3v) is 3.95. The Hall–Kier alpha value is -0.810. The van der Waals surface area contributed by atoms with Crippen LogP contribution in [0.2, 0.25) is 5.02 Å². The minimum absolute atomic E-state index is 0.256. The Bertz CT molecular complexity index is 418. The summed E-state index contributed by atoms with van der Waals surface area (Å²) in [7, 11) is 4.10. The molecular formula is C14H22ClN3O. The van der Waals surface area contributed by atoms with Crippen molar-refractivity contribution in [2.75, 3.05) is 32.9 Å². The van der Waals surface area contributed by atoms with Crippen molar-refractivity contribution in [1.29, 1.82) is 0 Å². The van der Waals surface area contributed by atoms with Gasteiger partial charge in [0, 0.05) is 41.9 Å². The molecule has 0 aromatic heterocycles. The first-order chi connectivity index (χ1) is 8.97. The smallest absolute Gasteiger partial charge is 0.0682 e. The van der Waals surface area contributed by atoms with Crippen LogP contribution in [0, 0.1) is 0 Å². The van der Waals surface area contributed by atoms with Crippen molar-refractivity contribution >= 4 is 17.3 Å². The fraction of sp³-hybridized carbons (Fsp3) is 0.571. The van der Waals surface area contributed by atoms with Crippen LogP contribution in [0.5, 0.6) is 0 Å². The maximum atomic E-state index is 9.88. The van der Waals surface area contributed by atoms with Gasteiger partial charge >= 0.3 is 0 Å². The van der Waals surface area contributed by atoms with E-state index in [-0.39, 0.29) is 6.10 Å². The summed E-state index contributed by atoms with van der Waals surface area (Å²) in [5.41, 5.74) is 7.68. The van der Waals surface area contributed by atoms with Gasteiger partial charge in [0.25, 0.3) is 0 Å². The highest BCUT2D eigenvalue weighted by Crippen LogP contribution is 2.27. The van der Waals surface area contributed by atoms with Crippen LogP contribution in [-0.4, -0.2) is 54.2 Å². The number of β-amino-alcohol motifs (C(OH)–C–C–N with tert-alkyl or cyclic N) is 1. The molecule has 2 atom stereocenters. The van der Waals surface area contributed by atoms with Crippen LogP contribution >= 0.6 is 11.6 Å². The van der Waals surface area contributed by atoms with Crippen molar-refractivity contribution in [3.05, 3.63) is 28.8 Å². The number of nitrogens with two attached hydrogens (primary N) is 1. The van der Waals surface area contributed by atoms with Crippen LogP contribution in [0.3, 0.4) is 0 Å². The van der Waals surface area contributed by atoms with E-state index in [1.165, 1.54) is 0 Å². The highest BCUT2D eigenvalue weighted by molar-refractivity contribution is 6.31. The molecule has 2 unspecified atom stereocenters. The summed E-state index contributed by atoms with van der Waals surface area (Å²) < 4.78 is 0. The Balaban J connectivity index is 2.12. The number of likely N-dealkylation sites (N-methyl/N-ethyl adjacent to an activating group) is 1. The molecule has 0 radical (unpaired) electrons. The lowest BCUT2D eigenvalue weighted by Gasteiger charge is -2.27. The Morgan fingerprint density at radius 2 is 2.21 bits per heavy atom. The molecule has 0 aliphatic carbocycles. The van der Waals surface area contributed by atoms with Crippen molar-refractivity contribution in [3.63, 3.8) is 0 Å². The number of halogens is 1. The van der Waals surface area contributed by atoms with E-state index in [1.807, 2.05) is 32.3 Å². The van der Waals surface area contributed by atoms with E-state index in [1.54, 1.807) is 0 Å². The maximum absolute atomic E-state index is 9.88. The summed E-state index contributed by atoms with van der Waals surface area (Å²) in [6.45, 7) is 2.31. The summed E-state index contributed by atoms with van der Waals surface area (Å²) in [6.07, 6.45) is 0.552. The molecule has 0 spiro atoms. The van der Waals surface area contributed by atoms with Gasteiger partial charge in [0.15, 0.2) is 0 Å². The number of aliphatic hydroxyl groups excluding tert-OH is 1. The molecule has 1 aliphatic rings. The topological polar surface area (TPSA) is 52.7 Å². The van der Waals surface area contributed by atoms with Crippen LogP contribution < -0.4 is 5.73 Å². The van der Waals surface area contributed by atoms with E-state index in [9.17, 15) is 5.11 Å². The predicted octanol–water partition coefficient (Wildman–Crippen LogP) is 1.42. The molecule has 5 heteroatoms. The number of hydrogen-bond donors (Lipinski definition) is 2. The minimum Gasteiger partial charge on any atom is -0.398 e. The van der Waals surface area contributed by atoms with Crippen LogP contribution in [0.25, 0.3) is 0 Å². The van der Waals surface area contributed by atoms with Gasteiger partial charge in [-0.25, -0.2) is 0 Å². The number of anilines is 1. The molecule has 1 saturated heterocycles. The van der Waals surface area contributed by atoms with E-state index >= 15 is 0 Å². The monoisotopic (exact) mass is 283 g/mol. The minimum atomic E-state index is -0.256. The van der Waals surface area contributed by atoms with E-state index in [0.29, 0.717) is 24.2 Å². The molecule has 0 amide bonds. The second kappa shape index (κ2) is 6.09. The summed E-state index contributed by atoms with van der Waals surface area (Å²) >= 11 is 6.22. The predicted molar refractivity (Wildman–Crippen MR) is 79.2 cm³/mol. The normalized spacial score (nSPS) is 24.3. The summed E-state index contributed by atoms with van der Waals surface area (Å²) in [4.78, 5) is 4.41. The molecule has 3 N–H and O–H groups in total. The summed E-state index contributed by atoms with van der Waals surface area (Å²) in [6, 6.07) is 5.94. The quantitative estimate of drug-likeness (QED) is 0.821. The van der Waals surface area contributed by atoms with E-state index in [2.05, 4.69) is 9.80 Å². The number of rotatable bonds is 4.